The number of hydrogen-bond donors (Lipinski definition) is 3. The Labute approximate surface area is 163 Å². The summed E-state index contributed by atoms with van der Waals surface area (Å²) in [5.74, 6) is -1.01. The van der Waals surface area contributed by atoms with E-state index in [1.165, 1.54) is 0 Å². The number of carbonyl (C=O) groups is 2. The Bertz CT molecular complexity index is 1050. The van der Waals surface area contributed by atoms with E-state index in [1.807, 2.05) is 61.7 Å². The van der Waals surface area contributed by atoms with Gasteiger partial charge in [-0.15, -0.1) is 0 Å². The van der Waals surface area contributed by atoms with Gasteiger partial charge in [-0.05, 0) is 36.1 Å². The molecule has 1 heterocycles. The summed E-state index contributed by atoms with van der Waals surface area (Å²) in [6, 6.07) is 13.1. The van der Waals surface area contributed by atoms with E-state index in [0.717, 1.165) is 27.7 Å². The molecule has 0 aliphatic rings. The van der Waals surface area contributed by atoms with Gasteiger partial charge in [-0.1, -0.05) is 44.2 Å². The number of fused-ring (bicyclic) bond motifs is 1. The lowest BCUT2D eigenvalue weighted by Gasteiger charge is -2.13. The third-order valence-electron chi connectivity index (χ3n) is 4.91. The Morgan fingerprint density at radius 3 is 2.54 bits per heavy atom. The number of aromatic nitrogens is 1. The van der Waals surface area contributed by atoms with E-state index in [-0.39, 0.29) is 11.7 Å². The first-order valence-corrected chi connectivity index (χ1v) is 9.19. The highest BCUT2D eigenvalue weighted by atomic mass is 16.4. The van der Waals surface area contributed by atoms with E-state index in [2.05, 4.69) is 5.32 Å². The lowest BCUT2D eigenvalue weighted by atomic mass is 9.99. The molecule has 6 nitrogen and oxygen atoms in total. The van der Waals surface area contributed by atoms with E-state index in [0.29, 0.717) is 12.1 Å². The number of carbonyl (C=O) groups excluding carboxylic acids is 1. The molecule has 0 saturated carbocycles. The molecule has 3 N–H and O–H groups in total. The number of phenolic OH excluding ortho intramolecular Hbond substituents is 1. The molecule has 6 heteroatoms. The van der Waals surface area contributed by atoms with Gasteiger partial charge in [0.15, 0.2) is 0 Å². The number of aromatic hydroxyl groups is 1. The zero-order valence-corrected chi connectivity index (χ0v) is 16.2. The number of carboxylic acids is 1. The second-order valence-electron chi connectivity index (χ2n) is 7.19. The number of phenols is 1. The van der Waals surface area contributed by atoms with Crippen LogP contribution in [0.5, 0.6) is 5.75 Å². The van der Waals surface area contributed by atoms with Crippen LogP contribution in [0.1, 0.15) is 46.9 Å². The fraction of sp³-hybridized carbons (Fsp3) is 0.273. The third-order valence-corrected chi connectivity index (χ3v) is 4.91. The fourth-order valence-corrected chi connectivity index (χ4v) is 3.51. The van der Waals surface area contributed by atoms with E-state index < -0.39 is 18.4 Å². The maximum absolute atomic E-state index is 12.6. The van der Waals surface area contributed by atoms with E-state index in [1.54, 1.807) is 6.07 Å². The van der Waals surface area contributed by atoms with Crippen LogP contribution in [-0.2, 0) is 11.3 Å². The Kier molecular flexibility index (Phi) is 5.40. The largest absolute Gasteiger partial charge is 0.508 e. The monoisotopic (exact) mass is 380 g/mol. The smallest absolute Gasteiger partial charge is 0.322 e. The van der Waals surface area contributed by atoms with Gasteiger partial charge in [-0.25, -0.2) is 0 Å². The minimum atomic E-state index is -1.08. The van der Waals surface area contributed by atoms with Gasteiger partial charge in [-0.2, -0.15) is 0 Å². The number of nitrogens with one attached hydrogen (secondary N) is 1. The molecule has 1 aromatic heterocycles. The Morgan fingerprint density at radius 1 is 1.14 bits per heavy atom. The van der Waals surface area contributed by atoms with Gasteiger partial charge in [0.25, 0.3) is 5.91 Å². The molecule has 1 amide bonds. The molecule has 28 heavy (non-hydrogen) atoms. The first kappa shape index (κ1) is 19.5. The first-order chi connectivity index (χ1) is 13.3. The van der Waals surface area contributed by atoms with Crippen molar-refractivity contribution in [1.29, 1.82) is 0 Å². The van der Waals surface area contributed by atoms with Gasteiger partial charge in [0.2, 0.25) is 0 Å². The molecule has 146 valence electrons. The predicted octanol–water partition coefficient (Wildman–Crippen LogP) is 3.64. The Morgan fingerprint density at radius 2 is 1.86 bits per heavy atom. The minimum Gasteiger partial charge on any atom is -0.508 e. The highest BCUT2D eigenvalue weighted by Crippen LogP contribution is 2.29. The normalized spacial score (nSPS) is 11.1. The topological polar surface area (TPSA) is 91.6 Å². The standard InChI is InChI=1S/C22H24N2O4/c1-13(2)17-10-15(8-9-19(17)25)12-24-14(3)21(22(28)23-11-20(26)27)16-6-4-5-7-18(16)24/h4-10,13,25H,11-12H2,1-3H3,(H,23,28)(H,26,27). The predicted molar refractivity (Wildman–Crippen MR) is 108 cm³/mol. The highest BCUT2D eigenvalue weighted by Gasteiger charge is 2.20. The molecule has 3 aromatic rings. The van der Waals surface area contributed by atoms with Crippen LogP contribution >= 0.6 is 0 Å². The van der Waals surface area contributed by atoms with Crippen LogP contribution in [0.15, 0.2) is 42.5 Å². The summed E-state index contributed by atoms with van der Waals surface area (Å²) in [6.07, 6.45) is 0. The first-order valence-electron chi connectivity index (χ1n) is 9.19. The number of nitrogens with zero attached hydrogens (tertiary/aromatic N) is 1. The SMILES string of the molecule is Cc1c(C(=O)NCC(=O)O)c2ccccc2n1Cc1ccc(O)c(C(C)C)c1. The van der Waals surface area contributed by atoms with Crippen LogP contribution in [0.2, 0.25) is 0 Å². The summed E-state index contributed by atoms with van der Waals surface area (Å²) in [7, 11) is 0. The summed E-state index contributed by atoms with van der Waals surface area (Å²) in [5.41, 5.74) is 4.05. The summed E-state index contributed by atoms with van der Waals surface area (Å²) < 4.78 is 2.04. The molecular formula is C22H24N2O4. The van der Waals surface area contributed by atoms with Crippen LogP contribution in [0.3, 0.4) is 0 Å². The number of para-hydroxylation sites is 1. The molecule has 0 saturated heterocycles. The minimum absolute atomic E-state index is 0.194. The lowest BCUT2D eigenvalue weighted by Crippen LogP contribution is -2.29. The van der Waals surface area contributed by atoms with Gasteiger partial charge >= 0.3 is 5.97 Å². The van der Waals surface area contributed by atoms with Crippen molar-refractivity contribution >= 4 is 22.8 Å². The summed E-state index contributed by atoms with van der Waals surface area (Å²) in [6.45, 7) is 6.03. The fourth-order valence-electron chi connectivity index (χ4n) is 3.51. The number of aliphatic carboxylic acids is 1. The summed E-state index contributed by atoms with van der Waals surface area (Å²) in [4.78, 5) is 23.4. The van der Waals surface area contributed by atoms with E-state index >= 15 is 0 Å². The average molecular weight is 380 g/mol. The summed E-state index contributed by atoms with van der Waals surface area (Å²) in [5, 5.41) is 22.2. The average Bonchev–Trinajstić information content (AvgIpc) is 2.93. The van der Waals surface area contributed by atoms with Gasteiger partial charge in [0.1, 0.15) is 12.3 Å². The van der Waals surface area contributed by atoms with Crippen molar-refractivity contribution in [1.82, 2.24) is 9.88 Å². The van der Waals surface area contributed by atoms with Crippen molar-refractivity contribution in [3.63, 3.8) is 0 Å². The van der Waals surface area contributed by atoms with E-state index in [4.69, 9.17) is 5.11 Å². The molecule has 0 aliphatic heterocycles. The Hall–Kier alpha value is -3.28. The maximum Gasteiger partial charge on any atom is 0.322 e. The van der Waals surface area contributed by atoms with Crippen LogP contribution < -0.4 is 5.32 Å². The van der Waals surface area contributed by atoms with Crippen LogP contribution in [0, 0.1) is 6.92 Å². The van der Waals surface area contributed by atoms with Crippen molar-refractivity contribution in [2.75, 3.05) is 6.54 Å². The van der Waals surface area contributed by atoms with Crippen molar-refractivity contribution in [3.05, 3.63) is 64.8 Å². The molecule has 0 spiro atoms. The quantitative estimate of drug-likeness (QED) is 0.609. The molecule has 2 aromatic carbocycles. The van der Waals surface area contributed by atoms with Crippen molar-refractivity contribution in [2.24, 2.45) is 0 Å². The lowest BCUT2D eigenvalue weighted by molar-refractivity contribution is -0.135. The number of benzene rings is 2. The molecule has 3 rings (SSSR count). The second kappa shape index (κ2) is 7.76. The van der Waals surface area contributed by atoms with Gasteiger partial charge in [0, 0.05) is 23.1 Å². The van der Waals surface area contributed by atoms with Crippen molar-refractivity contribution in [3.8, 4) is 5.75 Å². The van der Waals surface area contributed by atoms with Crippen molar-refractivity contribution < 1.29 is 19.8 Å². The molecule has 0 fully saturated rings. The second-order valence-corrected chi connectivity index (χ2v) is 7.19. The van der Waals surface area contributed by atoms with Crippen molar-refractivity contribution in [2.45, 2.75) is 33.2 Å². The number of rotatable bonds is 6. The Balaban J connectivity index is 2.05. The van der Waals surface area contributed by atoms with Crippen LogP contribution in [-0.4, -0.2) is 33.2 Å². The van der Waals surface area contributed by atoms with Gasteiger partial charge in [-0.3, -0.25) is 9.59 Å². The van der Waals surface area contributed by atoms with E-state index in [9.17, 15) is 14.7 Å². The molecule has 0 unspecified atom stereocenters. The number of carboxylic acid groups (broad SMARTS) is 1. The van der Waals surface area contributed by atoms with Crippen LogP contribution in [0.4, 0.5) is 0 Å². The molecule has 0 radical (unpaired) electrons. The highest BCUT2D eigenvalue weighted by molar-refractivity contribution is 6.09. The molecular weight excluding hydrogens is 356 g/mol. The maximum atomic E-state index is 12.6. The number of amides is 1. The zero-order chi connectivity index (χ0) is 20.4. The zero-order valence-electron chi connectivity index (χ0n) is 16.2. The van der Waals surface area contributed by atoms with Crippen LogP contribution in [0.25, 0.3) is 10.9 Å². The molecule has 0 aliphatic carbocycles. The van der Waals surface area contributed by atoms with Gasteiger partial charge < -0.3 is 20.1 Å². The third kappa shape index (κ3) is 3.71. The molecule has 0 bridgehead atoms. The summed E-state index contributed by atoms with van der Waals surface area (Å²) >= 11 is 0. The number of hydrogen-bond acceptors (Lipinski definition) is 3. The molecule has 0 atom stereocenters. The van der Waals surface area contributed by atoms with Gasteiger partial charge in [0.05, 0.1) is 5.56 Å².